The molecule has 23 heavy (non-hydrogen) atoms. The number of urea groups is 1. The summed E-state index contributed by atoms with van der Waals surface area (Å²) in [5.74, 6) is -1.50. The number of alkyl halides is 1. The van der Waals surface area contributed by atoms with Crippen molar-refractivity contribution in [2.24, 2.45) is 0 Å². The third kappa shape index (κ3) is 3.64. The normalized spacial score (nSPS) is 12.7. The van der Waals surface area contributed by atoms with Gasteiger partial charge in [0.2, 0.25) is 5.76 Å². The van der Waals surface area contributed by atoms with Crippen molar-refractivity contribution < 1.29 is 26.6 Å². The first-order valence-electron chi connectivity index (χ1n) is 6.39. The second kappa shape index (κ2) is 6.59. The lowest BCUT2D eigenvalue weighted by Crippen LogP contribution is -2.46. The van der Waals surface area contributed by atoms with Gasteiger partial charge in [-0.15, -0.1) is 0 Å². The summed E-state index contributed by atoms with van der Waals surface area (Å²) in [7, 11) is -3.40. The zero-order valence-electron chi connectivity index (χ0n) is 12.1. The number of amides is 2. The highest BCUT2D eigenvalue weighted by Crippen LogP contribution is 2.21. The molecule has 2 aromatic rings. The molecule has 0 spiro atoms. The third-order valence-electron chi connectivity index (χ3n) is 2.79. The van der Waals surface area contributed by atoms with Gasteiger partial charge in [-0.3, -0.25) is 0 Å². The first-order chi connectivity index (χ1) is 10.8. The van der Waals surface area contributed by atoms with Crippen LogP contribution < -0.4 is 5.32 Å². The smallest absolute Gasteiger partial charge is 0.417 e. The molecule has 124 valence electrons. The van der Waals surface area contributed by atoms with Crippen LogP contribution in [-0.4, -0.2) is 36.7 Å². The van der Waals surface area contributed by atoms with E-state index in [1.54, 1.807) is 24.3 Å². The molecule has 10 heteroatoms. The maximum absolute atomic E-state index is 12.1. The van der Waals surface area contributed by atoms with Crippen molar-refractivity contribution in [3.05, 3.63) is 36.1 Å². The highest BCUT2D eigenvalue weighted by Gasteiger charge is 2.35. The molecule has 0 aliphatic heterocycles. The largest absolute Gasteiger partial charge is 0.449 e. The Morgan fingerprint density at radius 2 is 2.00 bits per heavy atom. The van der Waals surface area contributed by atoms with Gasteiger partial charge >= 0.3 is 22.3 Å². The number of carbonyl (C=O) groups is 2. The van der Waals surface area contributed by atoms with Crippen LogP contribution in [0.15, 0.2) is 34.7 Å². The van der Waals surface area contributed by atoms with Crippen LogP contribution in [0.1, 0.15) is 17.5 Å². The predicted octanol–water partition coefficient (Wildman–Crippen LogP) is 2.22. The van der Waals surface area contributed by atoms with Crippen molar-refractivity contribution in [2.75, 3.05) is 7.05 Å². The number of hydrogen-bond acceptors (Lipinski definition) is 6. The van der Waals surface area contributed by atoms with Gasteiger partial charge < -0.3 is 13.9 Å². The van der Waals surface area contributed by atoms with Gasteiger partial charge in [0.1, 0.15) is 10.5 Å². The zero-order valence-corrected chi connectivity index (χ0v) is 14.5. The zero-order chi connectivity index (χ0) is 17.2. The van der Waals surface area contributed by atoms with E-state index in [1.807, 2.05) is 0 Å². The lowest BCUT2D eigenvalue weighted by molar-refractivity contribution is 0.0704. The van der Waals surface area contributed by atoms with Gasteiger partial charge in [-0.05, 0) is 19.1 Å². The van der Waals surface area contributed by atoms with Gasteiger partial charge in [0.15, 0.2) is 0 Å². The van der Waals surface area contributed by atoms with Crippen molar-refractivity contribution in [3.63, 3.8) is 0 Å². The lowest BCUT2D eigenvalue weighted by atomic mass is 10.2. The second-order valence-corrected chi connectivity index (χ2v) is 7.14. The molecule has 1 aromatic heterocycles. The Balaban J connectivity index is 2.28. The van der Waals surface area contributed by atoms with Crippen LogP contribution in [0.2, 0.25) is 0 Å². The second-order valence-electron chi connectivity index (χ2n) is 4.40. The van der Waals surface area contributed by atoms with E-state index in [0.717, 1.165) is 0 Å². The van der Waals surface area contributed by atoms with Crippen LogP contribution in [0.5, 0.6) is 0 Å². The Labute approximate surface area is 140 Å². The molecular formula is C13H13BrN2O6S. The minimum absolute atomic E-state index is 0.283. The molecule has 0 bridgehead atoms. The van der Waals surface area contributed by atoms with Gasteiger partial charge in [0, 0.05) is 12.4 Å². The average Bonchev–Trinajstić information content (AvgIpc) is 2.89. The van der Waals surface area contributed by atoms with Crippen LogP contribution in [0, 0.1) is 0 Å². The van der Waals surface area contributed by atoms with Gasteiger partial charge in [-0.2, -0.15) is 12.7 Å². The molecular weight excluding hydrogens is 392 g/mol. The minimum atomic E-state index is -4.65. The van der Waals surface area contributed by atoms with Crippen LogP contribution in [-0.2, 0) is 14.5 Å². The van der Waals surface area contributed by atoms with Crippen molar-refractivity contribution in [2.45, 2.75) is 11.9 Å². The van der Waals surface area contributed by atoms with Crippen LogP contribution in [0.3, 0.4) is 0 Å². The molecule has 1 heterocycles. The van der Waals surface area contributed by atoms with E-state index in [0.29, 0.717) is 15.3 Å². The summed E-state index contributed by atoms with van der Waals surface area (Å²) in [6.07, 6.45) is 0. The molecule has 2 rings (SSSR count). The molecule has 0 saturated heterocycles. The van der Waals surface area contributed by atoms with Crippen molar-refractivity contribution >= 4 is 49.2 Å². The van der Waals surface area contributed by atoms with E-state index in [1.165, 1.54) is 20.0 Å². The minimum Gasteiger partial charge on any atom is -0.449 e. The molecule has 0 fully saturated rings. The molecule has 8 nitrogen and oxygen atoms in total. The molecule has 2 amide bonds. The lowest BCUT2D eigenvalue weighted by Gasteiger charge is -2.22. The maximum atomic E-state index is 12.1. The summed E-state index contributed by atoms with van der Waals surface area (Å²) in [4.78, 5) is 22.7. The number of carbonyl (C=O) groups excluding carboxylic acids is 2. The standard InChI is InChI=1S/C13H13BrN2O6S/c1-8(14)16(13(18)15-2)23(19,20)22-12(17)11-7-9-5-3-4-6-10(9)21-11/h3-8H,1-2H3,(H,15,18). The molecule has 0 aliphatic rings. The van der Waals surface area contributed by atoms with E-state index in [-0.39, 0.29) is 5.76 Å². The van der Waals surface area contributed by atoms with Gasteiger partial charge in [0.05, 0.1) is 0 Å². The Bertz CT molecular complexity index is 812. The fraction of sp³-hybridized carbons (Fsp3) is 0.231. The Hall–Kier alpha value is -2.07. The molecule has 1 aromatic carbocycles. The summed E-state index contributed by atoms with van der Waals surface area (Å²) in [5.41, 5.74) is 0.411. The Morgan fingerprint density at radius 3 is 2.57 bits per heavy atom. The molecule has 1 unspecified atom stereocenters. The number of fused-ring (bicyclic) bond motifs is 1. The number of hydrogen-bond donors (Lipinski definition) is 1. The Morgan fingerprint density at radius 1 is 1.35 bits per heavy atom. The molecule has 1 atom stereocenters. The topological polar surface area (TPSA) is 106 Å². The molecule has 0 radical (unpaired) electrons. The van der Waals surface area contributed by atoms with Crippen LogP contribution in [0.4, 0.5) is 4.79 Å². The summed E-state index contributed by atoms with van der Waals surface area (Å²) in [5, 5.41) is 2.77. The molecule has 0 aliphatic carbocycles. The fourth-order valence-electron chi connectivity index (χ4n) is 1.81. The highest BCUT2D eigenvalue weighted by molar-refractivity contribution is 9.09. The number of para-hydroxylation sites is 1. The average molecular weight is 405 g/mol. The van der Waals surface area contributed by atoms with Gasteiger partial charge in [-0.1, -0.05) is 34.1 Å². The van der Waals surface area contributed by atoms with E-state index < -0.39 is 27.3 Å². The van der Waals surface area contributed by atoms with Crippen molar-refractivity contribution in [1.29, 1.82) is 0 Å². The number of nitrogens with one attached hydrogen (secondary N) is 1. The summed E-state index contributed by atoms with van der Waals surface area (Å²) in [6.45, 7) is 1.39. The SMILES string of the molecule is CNC(=O)N(C(C)Br)S(=O)(=O)OC(=O)c1cc2ccccc2o1. The van der Waals surface area contributed by atoms with Gasteiger partial charge in [0.25, 0.3) is 0 Å². The quantitative estimate of drug-likeness (QED) is 0.618. The maximum Gasteiger partial charge on any atom is 0.417 e. The van der Waals surface area contributed by atoms with E-state index in [9.17, 15) is 18.0 Å². The van der Waals surface area contributed by atoms with Crippen LogP contribution in [0.25, 0.3) is 11.0 Å². The molecule has 1 N–H and O–H groups in total. The van der Waals surface area contributed by atoms with Crippen molar-refractivity contribution in [3.8, 4) is 0 Å². The third-order valence-corrected chi connectivity index (χ3v) is 4.79. The summed E-state index contributed by atoms with van der Waals surface area (Å²) >= 11 is 2.96. The number of halogens is 1. The summed E-state index contributed by atoms with van der Waals surface area (Å²) < 4.78 is 34.3. The van der Waals surface area contributed by atoms with Crippen molar-refractivity contribution in [1.82, 2.24) is 9.62 Å². The van der Waals surface area contributed by atoms with Gasteiger partial charge in [-0.25, -0.2) is 9.59 Å². The monoisotopic (exact) mass is 404 g/mol. The van der Waals surface area contributed by atoms with Crippen LogP contribution >= 0.6 is 15.9 Å². The number of furan rings is 1. The summed E-state index contributed by atoms with van der Waals surface area (Å²) in [6, 6.07) is 7.17. The number of nitrogens with zero attached hydrogens (tertiary/aromatic N) is 1. The first kappa shape index (κ1) is 17.3. The predicted molar refractivity (Wildman–Crippen MR) is 85.2 cm³/mol. The highest BCUT2D eigenvalue weighted by atomic mass is 79.9. The first-order valence-corrected chi connectivity index (χ1v) is 8.67. The number of benzene rings is 1. The fourth-order valence-corrected chi connectivity index (χ4v) is 3.61. The molecule has 0 saturated carbocycles. The van der Waals surface area contributed by atoms with E-state index in [2.05, 4.69) is 25.4 Å². The Kier molecular flexibility index (Phi) is 4.95. The van der Waals surface area contributed by atoms with E-state index in [4.69, 9.17) is 4.42 Å². The number of rotatable bonds is 4. The van der Waals surface area contributed by atoms with E-state index >= 15 is 0 Å².